The molecule has 0 aliphatic heterocycles. The van der Waals surface area contributed by atoms with Crippen molar-refractivity contribution in [2.24, 2.45) is 0 Å². The number of benzene rings is 3. The minimum absolute atomic E-state index is 0.122. The van der Waals surface area contributed by atoms with Crippen LogP contribution in [0, 0.1) is 5.82 Å². The molecule has 172 valence electrons. The summed E-state index contributed by atoms with van der Waals surface area (Å²) in [5.74, 6) is 0.795. The van der Waals surface area contributed by atoms with Crippen molar-refractivity contribution in [3.8, 4) is 22.8 Å². The molecule has 0 spiro atoms. The number of thiocarbonyl (C=S) groups is 1. The molecule has 0 saturated carbocycles. The maximum absolute atomic E-state index is 13.5. The first-order chi connectivity index (χ1) is 17.0. The van der Waals surface area contributed by atoms with E-state index in [-0.39, 0.29) is 10.9 Å². The van der Waals surface area contributed by atoms with Gasteiger partial charge in [-0.3, -0.25) is 10.1 Å². The van der Waals surface area contributed by atoms with Gasteiger partial charge in [0.2, 0.25) is 11.8 Å². The number of fused-ring (bicyclic) bond motifs is 1. The maximum Gasteiger partial charge on any atom is 0.250 e. The van der Waals surface area contributed by atoms with Crippen LogP contribution < -0.4 is 10.6 Å². The van der Waals surface area contributed by atoms with Gasteiger partial charge < -0.3 is 14.2 Å². The number of aromatic nitrogens is 1. The number of oxazole rings is 1. The third-order valence-electron chi connectivity index (χ3n) is 5.04. The van der Waals surface area contributed by atoms with Gasteiger partial charge in [0, 0.05) is 22.9 Å². The molecule has 0 fully saturated rings. The molecule has 8 heteroatoms. The number of halogens is 1. The Balaban J connectivity index is 1.21. The van der Waals surface area contributed by atoms with Crippen molar-refractivity contribution in [1.29, 1.82) is 0 Å². The Labute approximate surface area is 205 Å². The highest BCUT2D eigenvalue weighted by Crippen LogP contribution is 2.26. The lowest BCUT2D eigenvalue weighted by atomic mass is 10.2. The number of hydrogen-bond donors (Lipinski definition) is 2. The van der Waals surface area contributed by atoms with E-state index < -0.39 is 5.91 Å². The van der Waals surface area contributed by atoms with E-state index in [0.29, 0.717) is 39.8 Å². The lowest BCUT2D eigenvalue weighted by Gasteiger charge is -2.07. The standard InChI is InChI=1S/C27H18FN3O3S/c28-19-8-4-7-18(15-19)26-30-22-16-20(9-12-24(22)34-26)29-27(35)31-25(32)14-11-21-10-13-23(33-21)17-5-2-1-3-6-17/h1-16H,(H2,29,31,32,35)/b14-11+. The van der Waals surface area contributed by atoms with E-state index in [9.17, 15) is 9.18 Å². The number of nitrogens with one attached hydrogen (secondary N) is 2. The van der Waals surface area contributed by atoms with Gasteiger partial charge in [-0.05, 0) is 66.8 Å². The van der Waals surface area contributed by atoms with Crippen molar-refractivity contribution in [3.05, 3.63) is 103 Å². The summed E-state index contributed by atoms with van der Waals surface area (Å²) in [6, 6.07) is 24.5. The lowest BCUT2D eigenvalue weighted by Crippen LogP contribution is -2.32. The number of anilines is 1. The molecule has 0 aliphatic carbocycles. The Morgan fingerprint density at radius 2 is 1.74 bits per heavy atom. The zero-order valence-electron chi connectivity index (χ0n) is 18.2. The second kappa shape index (κ2) is 9.74. The van der Waals surface area contributed by atoms with Crippen LogP contribution >= 0.6 is 12.2 Å². The molecular weight excluding hydrogens is 465 g/mol. The first-order valence-corrected chi connectivity index (χ1v) is 11.1. The van der Waals surface area contributed by atoms with Gasteiger partial charge in [0.05, 0.1) is 0 Å². The van der Waals surface area contributed by atoms with Crippen molar-refractivity contribution >= 4 is 46.1 Å². The number of carbonyl (C=O) groups excluding carboxylic acids is 1. The molecule has 0 unspecified atom stereocenters. The van der Waals surface area contributed by atoms with Crippen LogP contribution in [0.3, 0.4) is 0 Å². The van der Waals surface area contributed by atoms with Crippen LogP contribution in [0.25, 0.3) is 40.0 Å². The summed E-state index contributed by atoms with van der Waals surface area (Å²) in [7, 11) is 0. The van der Waals surface area contributed by atoms with Crippen molar-refractivity contribution in [2.45, 2.75) is 0 Å². The maximum atomic E-state index is 13.5. The highest BCUT2D eigenvalue weighted by Gasteiger charge is 2.11. The molecule has 2 heterocycles. The Bertz CT molecular complexity index is 1560. The van der Waals surface area contributed by atoms with Crippen molar-refractivity contribution in [3.63, 3.8) is 0 Å². The SMILES string of the molecule is O=C(/C=C/c1ccc(-c2ccccc2)o1)NC(=S)Nc1ccc2oc(-c3cccc(F)c3)nc2c1. The molecule has 0 bridgehead atoms. The quantitative estimate of drug-likeness (QED) is 0.222. The summed E-state index contributed by atoms with van der Waals surface area (Å²) in [4.78, 5) is 16.7. The fourth-order valence-electron chi connectivity index (χ4n) is 3.42. The van der Waals surface area contributed by atoms with Gasteiger partial charge >= 0.3 is 0 Å². The van der Waals surface area contributed by atoms with Gasteiger partial charge in [-0.15, -0.1) is 0 Å². The predicted octanol–water partition coefficient (Wildman–Crippen LogP) is 6.42. The summed E-state index contributed by atoms with van der Waals surface area (Å²) in [5, 5.41) is 5.66. The molecular formula is C27H18FN3O3S. The van der Waals surface area contributed by atoms with Gasteiger partial charge in [-0.2, -0.15) is 0 Å². The number of hydrogen-bond acceptors (Lipinski definition) is 5. The minimum atomic E-state index is -0.406. The van der Waals surface area contributed by atoms with E-state index in [4.69, 9.17) is 21.1 Å². The lowest BCUT2D eigenvalue weighted by molar-refractivity contribution is -0.115. The van der Waals surface area contributed by atoms with Gasteiger partial charge in [-0.1, -0.05) is 36.4 Å². The van der Waals surface area contributed by atoms with E-state index in [0.717, 1.165) is 5.56 Å². The molecule has 5 rings (SSSR count). The number of rotatable bonds is 5. The van der Waals surface area contributed by atoms with Crippen molar-refractivity contribution < 1.29 is 18.0 Å². The highest BCUT2D eigenvalue weighted by molar-refractivity contribution is 7.80. The summed E-state index contributed by atoms with van der Waals surface area (Å²) < 4.78 is 25.0. The van der Waals surface area contributed by atoms with E-state index >= 15 is 0 Å². The van der Waals surface area contributed by atoms with Crippen molar-refractivity contribution in [2.75, 3.05) is 5.32 Å². The monoisotopic (exact) mass is 483 g/mol. The normalized spacial score (nSPS) is 11.1. The third kappa shape index (κ3) is 5.34. The molecule has 0 aliphatic rings. The smallest absolute Gasteiger partial charge is 0.250 e. The molecule has 0 atom stereocenters. The Kier molecular flexibility index (Phi) is 6.19. The van der Waals surface area contributed by atoms with Crippen LogP contribution in [0.5, 0.6) is 0 Å². The van der Waals surface area contributed by atoms with Crippen LogP contribution in [0.4, 0.5) is 10.1 Å². The van der Waals surface area contributed by atoms with E-state index in [2.05, 4.69) is 15.6 Å². The molecule has 5 aromatic rings. The molecule has 0 saturated heterocycles. The number of amides is 1. The molecule has 2 N–H and O–H groups in total. The van der Waals surface area contributed by atoms with Gasteiger partial charge in [-0.25, -0.2) is 9.37 Å². The second-order valence-corrected chi connectivity index (χ2v) is 7.96. The average molecular weight is 484 g/mol. The van der Waals surface area contributed by atoms with E-state index in [1.165, 1.54) is 18.2 Å². The zero-order chi connectivity index (χ0) is 24.2. The Morgan fingerprint density at radius 1 is 0.914 bits per heavy atom. The third-order valence-corrected chi connectivity index (χ3v) is 5.24. The molecule has 0 radical (unpaired) electrons. The predicted molar refractivity (Wildman–Crippen MR) is 137 cm³/mol. The molecule has 2 aromatic heterocycles. The summed E-state index contributed by atoms with van der Waals surface area (Å²) in [6.07, 6.45) is 2.91. The second-order valence-electron chi connectivity index (χ2n) is 7.56. The van der Waals surface area contributed by atoms with Crippen molar-refractivity contribution in [1.82, 2.24) is 10.3 Å². The van der Waals surface area contributed by atoms with E-state index in [1.807, 2.05) is 36.4 Å². The van der Waals surface area contributed by atoms with Crippen LogP contribution in [0.2, 0.25) is 0 Å². The number of furan rings is 1. The minimum Gasteiger partial charge on any atom is -0.457 e. The summed E-state index contributed by atoms with van der Waals surface area (Å²) in [6.45, 7) is 0. The van der Waals surface area contributed by atoms with Gasteiger partial charge in [0.25, 0.3) is 0 Å². The average Bonchev–Trinajstić information content (AvgIpc) is 3.50. The first-order valence-electron chi connectivity index (χ1n) is 10.7. The molecule has 35 heavy (non-hydrogen) atoms. The first kappa shape index (κ1) is 22.2. The van der Waals surface area contributed by atoms with Crippen LogP contribution in [-0.4, -0.2) is 16.0 Å². The zero-order valence-corrected chi connectivity index (χ0v) is 19.0. The topological polar surface area (TPSA) is 80.3 Å². The Morgan fingerprint density at radius 3 is 2.57 bits per heavy atom. The van der Waals surface area contributed by atoms with Gasteiger partial charge in [0.15, 0.2) is 10.7 Å². The fraction of sp³-hybridized carbons (Fsp3) is 0. The molecule has 3 aromatic carbocycles. The van der Waals surface area contributed by atoms with Gasteiger partial charge in [0.1, 0.15) is 22.9 Å². The Hall–Kier alpha value is -4.56. The summed E-state index contributed by atoms with van der Waals surface area (Å²) >= 11 is 5.24. The largest absolute Gasteiger partial charge is 0.457 e. The number of carbonyl (C=O) groups is 1. The van der Waals surface area contributed by atoms with Crippen LogP contribution in [0.1, 0.15) is 5.76 Å². The molecule has 1 amide bonds. The van der Waals surface area contributed by atoms with E-state index in [1.54, 1.807) is 42.5 Å². The van der Waals surface area contributed by atoms with Crippen LogP contribution in [0.15, 0.2) is 99.8 Å². The summed E-state index contributed by atoms with van der Waals surface area (Å²) in [5.41, 5.74) is 3.22. The highest BCUT2D eigenvalue weighted by atomic mass is 32.1. The molecule has 6 nitrogen and oxygen atoms in total. The number of nitrogens with zero attached hydrogens (tertiary/aromatic N) is 1. The fourth-order valence-corrected chi connectivity index (χ4v) is 3.64. The van der Waals surface area contributed by atoms with Crippen LogP contribution in [-0.2, 0) is 4.79 Å².